The Hall–Kier alpha value is -1.54. The maximum atomic E-state index is 8.92. The van der Waals surface area contributed by atoms with E-state index in [0.717, 1.165) is 25.1 Å². The summed E-state index contributed by atoms with van der Waals surface area (Å²) in [6.07, 6.45) is 5.68. The van der Waals surface area contributed by atoms with Gasteiger partial charge in [0.25, 0.3) is 0 Å². The van der Waals surface area contributed by atoms with Gasteiger partial charge in [0.05, 0.1) is 5.69 Å². The summed E-state index contributed by atoms with van der Waals surface area (Å²) < 4.78 is 0. The van der Waals surface area contributed by atoms with Crippen LogP contribution in [0.3, 0.4) is 0 Å². The van der Waals surface area contributed by atoms with Crippen molar-refractivity contribution < 1.29 is 0 Å². The number of hydrogen-bond donors (Lipinski definition) is 3. The lowest BCUT2D eigenvalue weighted by atomic mass is 9.99. The van der Waals surface area contributed by atoms with Gasteiger partial charge in [-0.05, 0) is 32.2 Å². The largest absolute Gasteiger partial charge is 0.381 e. The molecule has 4 N–H and O–H groups in total. The van der Waals surface area contributed by atoms with Gasteiger partial charge in [0.1, 0.15) is 11.6 Å². The number of aromatic amines is 1. The molecule has 86 valence electrons. The van der Waals surface area contributed by atoms with E-state index >= 15 is 0 Å². The number of aryl methyl sites for hydroxylation is 1. The minimum Gasteiger partial charge on any atom is -0.381 e. The molecule has 0 bridgehead atoms. The van der Waals surface area contributed by atoms with Gasteiger partial charge >= 0.3 is 0 Å². The molecule has 1 atom stereocenters. The van der Waals surface area contributed by atoms with Crippen LogP contribution < -0.4 is 11.1 Å². The lowest BCUT2D eigenvalue weighted by Crippen LogP contribution is -2.34. The summed E-state index contributed by atoms with van der Waals surface area (Å²) in [6, 6.07) is 2.67. The SMILES string of the molecule is N#Cc1c(N)n[nH]c1CCC1CCCCN1. The maximum absolute atomic E-state index is 8.92. The number of anilines is 1. The fraction of sp³-hybridized carbons (Fsp3) is 0.636. The highest BCUT2D eigenvalue weighted by Gasteiger charge is 2.15. The van der Waals surface area contributed by atoms with Crippen LogP contribution in [-0.4, -0.2) is 22.8 Å². The quantitative estimate of drug-likeness (QED) is 0.705. The van der Waals surface area contributed by atoms with Gasteiger partial charge in [-0.25, -0.2) is 0 Å². The monoisotopic (exact) mass is 219 g/mol. The molecule has 0 aliphatic carbocycles. The van der Waals surface area contributed by atoms with Crippen LogP contribution in [0.4, 0.5) is 5.82 Å². The molecular weight excluding hydrogens is 202 g/mol. The molecule has 16 heavy (non-hydrogen) atoms. The molecule has 2 heterocycles. The molecule has 0 amide bonds. The molecule has 0 saturated carbocycles. The van der Waals surface area contributed by atoms with Gasteiger partial charge in [0.2, 0.25) is 0 Å². The van der Waals surface area contributed by atoms with Crippen molar-refractivity contribution in [1.82, 2.24) is 15.5 Å². The Balaban J connectivity index is 1.91. The summed E-state index contributed by atoms with van der Waals surface area (Å²) in [5.74, 6) is 0.314. The van der Waals surface area contributed by atoms with Crippen LogP contribution >= 0.6 is 0 Å². The summed E-state index contributed by atoms with van der Waals surface area (Å²) in [5, 5.41) is 19.1. The van der Waals surface area contributed by atoms with E-state index in [1.807, 2.05) is 0 Å². The van der Waals surface area contributed by atoms with Crippen molar-refractivity contribution in [3.05, 3.63) is 11.3 Å². The van der Waals surface area contributed by atoms with E-state index in [1.54, 1.807) is 0 Å². The minimum absolute atomic E-state index is 0.314. The predicted octanol–water partition coefficient (Wildman–Crippen LogP) is 0.938. The molecule has 1 aliphatic heterocycles. The third-order valence-corrected chi connectivity index (χ3v) is 3.14. The zero-order valence-corrected chi connectivity index (χ0v) is 9.29. The molecule has 1 aromatic heterocycles. The molecule has 0 radical (unpaired) electrons. The standard InChI is InChI=1S/C11H17N5/c12-7-9-10(15-16-11(9)13)5-4-8-3-1-2-6-14-8/h8,14H,1-6H2,(H3,13,15,16). The molecule has 5 heteroatoms. The number of H-pyrrole nitrogens is 1. The average molecular weight is 219 g/mol. The Morgan fingerprint density at radius 3 is 3.06 bits per heavy atom. The number of nitrogens with two attached hydrogens (primary N) is 1. The topological polar surface area (TPSA) is 90.5 Å². The maximum Gasteiger partial charge on any atom is 0.163 e. The van der Waals surface area contributed by atoms with Crippen LogP contribution in [0, 0.1) is 11.3 Å². The van der Waals surface area contributed by atoms with Gasteiger partial charge in [-0.15, -0.1) is 0 Å². The van der Waals surface area contributed by atoms with Crippen molar-refractivity contribution in [3.63, 3.8) is 0 Å². The zero-order valence-electron chi connectivity index (χ0n) is 9.29. The second kappa shape index (κ2) is 4.99. The molecule has 0 aromatic carbocycles. The highest BCUT2D eigenvalue weighted by Crippen LogP contribution is 2.17. The van der Waals surface area contributed by atoms with E-state index in [-0.39, 0.29) is 0 Å². The number of aromatic nitrogens is 2. The number of nitriles is 1. The Morgan fingerprint density at radius 1 is 1.50 bits per heavy atom. The Morgan fingerprint density at radius 2 is 2.38 bits per heavy atom. The van der Waals surface area contributed by atoms with Gasteiger partial charge in [0, 0.05) is 6.04 Å². The van der Waals surface area contributed by atoms with Gasteiger partial charge in [-0.3, -0.25) is 5.10 Å². The van der Waals surface area contributed by atoms with Crippen LogP contribution in [0.5, 0.6) is 0 Å². The molecule has 1 aliphatic rings. The molecule has 0 spiro atoms. The van der Waals surface area contributed by atoms with Crippen LogP contribution in [0.15, 0.2) is 0 Å². The highest BCUT2D eigenvalue weighted by atomic mass is 15.2. The van der Waals surface area contributed by atoms with E-state index in [4.69, 9.17) is 11.0 Å². The second-order valence-corrected chi connectivity index (χ2v) is 4.26. The first-order valence-corrected chi connectivity index (χ1v) is 5.77. The number of rotatable bonds is 3. The lowest BCUT2D eigenvalue weighted by Gasteiger charge is -2.23. The number of nitrogens with zero attached hydrogens (tertiary/aromatic N) is 2. The van der Waals surface area contributed by atoms with Crippen molar-refractivity contribution >= 4 is 5.82 Å². The molecule has 1 unspecified atom stereocenters. The molecular formula is C11H17N5. The van der Waals surface area contributed by atoms with Crippen LogP contribution in [-0.2, 0) is 6.42 Å². The Bertz CT molecular complexity index is 384. The van der Waals surface area contributed by atoms with Crippen molar-refractivity contribution in [2.75, 3.05) is 12.3 Å². The zero-order chi connectivity index (χ0) is 11.4. The van der Waals surface area contributed by atoms with Gasteiger partial charge in [-0.2, -0.15) is 10.4 Å². The number of hydrogen-bond acceptors (Lipinski definition) is 4. The molecule has 5 nitrogen and oxygen atoms in total. The van der Waals surface area contributed by atoms with E-state index in [1.165, 1.54) is 19.3 Å². The Kier molecular flexibility index (Phi) is 3.42. The van der Waals surface area contributed by atoms with E-state index in [2.05, 4.69) is 21.6 Å². The van der Waals surface area contributed by atoms with Gasteiger partial charge in [-0.1, -0.05) is 6.42 Å². The van der Waals surface area contributed by atoms with Gasteiger partial charge in [0.15, 0.2) is 5.82 Å². The molecule has 1 aromatic rings. The fourth-order valence-corrected chi connectivity index (χ4v) is 2.19. The number of nitrogens with one attached hydrogen (secondary N) is 2. The average Bonchev–Trinajstić information content (AvgIpc) is 2.68. The van der Waals surface area contributed by atoms with Gasteiger partial charge < -0.3 is 11.1 Å². The Labute approximate surface area is 95.0 Å². The van der Waals surface area contributed by atoms with Crippen molar-refractivity contribution in [2.45, 2.75) is 38.1 Å². The number of nitrogen functional groups attached to an aromatic ring is 1. The minimum atomic E-state index is 0.314. The van der Waals surface area contributed by atoms with Crippen LogP contribution in [0.25, 0.3) is 0 Å². The summed E-state index contributed by atoms with van der Waals surface area (Å²) in [6.45, 7) is 1.11. The van der Waals surface area contributed by atoms with Crippen molar-refractivity contribution in [2.24, 2.45) is 0 Å². The van der Waals surface area contributed by atoms with Crippen molar-refractivity contribution in [3.8, 4) is 6.07 Å². The van der Waals surface area contributed by atoms with Crippen LogP contribution in [0.2, 0.25) is 0 Å². The first-order valence-electron chi connectivity index (χ1n) is 5.77. The summed E-state index contributed by atoms with van der Waals surface area (Å²) in [4.78, 5) is 0. The van der Waals surface area contributed by atoms with Crippen LogP contribution in [0.1, 0.15) is 36.9 Å². The van der Waals surface area contributed by atoms with Crippen molar-refractivity contribution in [1.29, 1.82) is 5.26 Å². The number of piperidine rings is 1. The van der Waals surface area contributed by atoms with E-state index < -0.39 is 0 Å². The van der Waals surface area contributed by atoms with E-state index in [0.29, 0.717) is 17.4 Å². The molecule has 1 saturated heterocycles. The second-order valence-electron chi connectivity index (χ2n) is 4.26. The highest BCUT2D eigenvalue weighted by molar-refractivity contribution is 5.50. The third-order valence-electron chi connectivity index (χ3n) is 3.14. The van der Waals surface area contributed by atoms with E-state index in [9.17, 15) is 0 Å². The first kappa shape index (κ1) is 11.0. The summed E-state index contributed by atoms with van der Waals surface area (Å²) in [5.41, 5.74) is 6.96. The smallest absolute Gasteiger partial charge is 0.163 e. The lowest BCUT2D eigenvalue weighted by molar-refractivity contribution is 0.382. The fourth-order valence-electron chi connectivity index (χ4n) is 2.19. The summed E-state index contributed by atoms with van der Waals surface area (Å²) >= 11 is 0. The normalized spacial score (nSPS) is 20.6. The molecule has 2 rings (SSSR count). The molecule has 1 fully saturated rings. The summed E-state index contributed by atoms with van der Waals surface area (Å²) in [7, 11) is 0. The third kappa shape index (κ3) is 2.34. The first-order chi connectivity index (χ1) is 7.81. The predicted molar refractivity (Wildman–Crippen MR) is 61.7 cm³/mol.